The summed E-state index contributed by atoms with van der Waals surface area (Å²) in [4.78, 5) is 0. The van der Waals surface area contributed by atoms with E-state index in [1.165, 1.54) is 18.6 Å². The van der Waals surface area contributed by atoms with Crippen LogP contribution >= 0.6 is 0 Å². The Kier molecular flexibility index (Phi) is 3.77. The van der Waals surface area contributed by atoms with Crippen molar-refractivity contribution in [3.63, 3.8) is 0 Å². The van der Waals surface area contributed by atoms with Crippen LogP contribution in [0.1, 0.15) is 31.7 Å². The van der Waals surface area contributed by atoms with E-state index < -0.39 is 11.6 Å². The molecule has 0 spiro atoms. The maximum absolute atomic E-state index is 13.5. The van der Waals surface area contributed by atoms with Gasteiger partial charge in [-0.15, -0.1) is 0 Å². The molecule has 2 N–H and O–H groups in total. The first-order valence-electron chi connectivity index (χ1n) is 6.25. The number of benzene rings is 1. The highest BCUT2D eigenvalue weighted by atomic mass is 19.1. The van der Waals surface area contributed by atoms with Crippen molar-refractivity contribution in [3.8, 4) is 0 Å². The average molecular weight is 239 g/mol. The third-order valence-corrected chi connectivity index (χ3v) is 3.81. The fourth-order valence-electron chi connectivity index (χ4n) is 2.75. The zero-order chi connectivity index (χ0) is 12.4. The van der Waals surface area contributed by atoms with E-state index in [-0.39, 0.29) is 6.04 Å². The summed E-state index contributed by atoms with van der Waals surface area (Å²) in [5.41, 5.74) is 6.65. The first kappa shape index (κ1) is 12.5. The highest BCUT2D eigenvalue weighted by Gasteiger charge is 2.27. The number of rotatable bonds is 3. The normalized spacial score (nSPS) is 26.1. The maximum atomic E-state index is 13.5. The van der Waals surface area contributed by atoms with E-state index in [4.69, 9.17) is 5.73 Å². The largest absolute Gasteiger partial charge is 0.327 e. The van der Waals surface area contributed by atoms with Gasteiger partial charge in [0, 0.05) is 12.1 Å². The minimum atomic E-state index is -0.533. The predicted molar refractivity (Wildman–Crippen MR) is 64.5 cm³/mol. The van der Waals surface area contributed by atoms with E-state index >= 15 is 0 Å². The molecule has 3 heteroatoms. The molecule has 0 radical (unpaired) electrons. The van der Waals surface area contributed by atoms with Crippen molar-refractivity contribution >= 4 is 0 Å². The van der Waals surface area contributed by atoms with Gasteiger partial charge in [-0.2, -0.15) is 0 Å². The SMILES string of the molecule is CC1CCC(C(N)Cc2ccc(F)cc2F)C1. The van der Waals surface area contributed by atoms with Crippen LogP contribution in [0.4, 0.5) is 8.78 Å². The van der Waals surface area contributed by atoms with Crippen LogP contribution in [0, 0.1) is 23.5 Å². The van der Waals surface area contributed by atoms with Gasteiger partial charge >= 0.3 is 0 Å². The summed E-state index contributed by atoms with van der Waals surface area (Å²) in [7, 11) is 0. The van der Waals surface area contributed by atoms with Gasteiger partial charge in [-0.25, -0.2) is 8.78 Å². The Morgan fingerprint density at radius 3 is 2.71 bits per heavy atom. The van der Waals surface area contributed by atoms with E-state index in [0.29, 0.717) is 17.9 Å². The molecule has 0 heterocycles. The molecule has 0 aliphatic heterocycles. The molecule has 17 heavy (non-hydrogen) atoms. The lowest BCUT2D eigenvalue weighted by atomic mass is 9.92. The monoisotopic (exact) mass is 239 g/mol. The van der Waals surface area contributed by atoms with Gasteiger partial charge in [-0.3, -0.25) is 0 Å². The minimum absolute atomic E-state index is 0.0140. The molecule has 0 bridgehead atoms. The van der Waals surface area contributed by atoms with E-state index in [2.05, 4.69) is 6.92 Å². The summed E-state index contributed by atoms with van der Waals surface area (Å²) >= 11 is 0. The van der Waals surface area contributed by atoms with E-state index in [9.17, 15) is 8.78 Å². The van der Waals surface area contributed by atoms with Crippen LogP contribution in [-0.2, 0) is 6.42 Å². The summed E-state index contributed by atoms with van der Waals surface area (Å²) in [6.45, 7) is 2.23. The topological polar surface area (TPSA) is 26.0 Å². The number of hydrogen-bond donors (Lipinski definition) is 1. The number of hydrogen-bond acceptors (Lipinski definition) is 1. The molecule has 2 rings (SSSR count). The van der Waals surface area contributed by atoms with E-state index in [0.717, 1.165) is 24.8 Å². The first-order chi connectivity index (χ1) is 8.06. The van der Waals surface area contributed by atoms with Gasteiger partial charge in [0.05, 0.1) is 0 Å². The Bertz CT molecular complexity index is 392. The van der Waals surface area contributed by atoms with Crippen molar-refractivity contribution in [3.05, 3.63) is 35.4 Å². The molecule has 1 fully saturated rings. The summed E-state index contributed by atoms with van der Waals surface area (Å²) in [6, 6.07) is 3.71. The van der Waals surface area contributed by atoms with Crippen LogP contribution in [0.5, 0.6) is 0 Å². The minimum Gasteiger partial charge on any atom is -0.327 e. The zero-order valence-electron chi connectivity index (χ0n) is 10.1. The van der Waals surface area contributed by atoms with Gasteiger partial charge in [0.1, 0.15) is 11.6 Å². The Balaban J connectivity index is 2.00. The Labute approximate surface area is 101 Å². The van der Waals surface area contributed by atoms with Crippen LogP contribution in [0.25, 0.3) is 0 Å². The molecule has 1 nitrogen and oxygen atoms in total. The molecular weight excluding hydrogens is 220 g/mol. The fourth-order valence-corrected chi connectivity index (χ4v) is 2.75. The summed E-state index contributed by atoms with van der Waals surface area (Å²) in [5.74, 6) is 0.194. The van der Waals surface area contributed by atoms with Crippen LogP contribution in [-0.4, -0.2) is 6.04 Å². The Morgan fingerprint density at radius 2 is 2.12 bits per heavy atom. The maximum Gasteiger partial charge on any atom is 0.129 e. The molecular formula is C14H19F2N. The first-order valence-corrected chi connectivity index (χ1v) is 6.25. The lowest BCUT2D eigenvalue weighted by molar-refractivity contribution is 0.410. The molecule has 1 aromatic carbocycles. The van der Waals surface area contributed by atoms with Crippen molar-refractivity contribution in [1.29, 1.82) is 0 Å². The van der Waals surface area contributed by atoms with Crippen LogP contribution in [0.2, 0.25) is 0 Å². The van der Waals surface area contributed by atoms with Gasteiger partial charge in [-0.05, 0) is 42.7 Å². The lowest BCUT2D eigenvalue weighted by Gasteiger charge is -2.19. The van der Waals surface area contributed by atoms with Gasteiger partial charge in [0.25, 0.3) is 0 Å². The highest BCUT2D eigenvalue weighted by molar-refractivity contribution is 5.19. The molecule has 1 aliphatic carbocycles. The second-order valence-corrected chi connectivity index (χ2v) is 5.28. The van der Waals surface area contributed by atoms with Gasteiger partial charge < -0.3 is 5.73 Å². The van der Waals surface area contributed by atoms with Crippen LogP contribution < -0.4 is 5.73 Å². The molecule has 94 valence electrons. The third-order valence-electron chi connectivity index (χ3n) is 3.81. The molecule has 1 aliphatic rings. The number of halogens is 2. The molecule has 0 saturated heterocycles. The second-order valence-electron chi connectivity index (χ2n) is 5.28. The molecule has 0 aromatic heterocycles. The average Bonchev–Trinajstić information content (AvgIpc) is 2.69. The standard InChI is InChI=1S/C14H19F2N/c1-9-2-3-11(6-9)14(17)7-10-4-5-12(15)8-13(10)16/h4-5,8-9,11,14H,2-3,6-7,17H2,1H3. The summed E-state index contributed by atoms with van der Waals surface area (Å²) in [5, 5.41) is 0. The van der Waals surface area contributed by atoms with Crippen molar-refractivity contribution in [1.82, 2.24) is 0 Å². The highest BCUT2D eigenvalue weighted by Crippen LogP contribution is 2.33. The third kappa shape index (κ3) is 3.03. The molecule has 3 unspecified atom stereocenters. The lowest BCUT2D eigenvalue weighted by Crippen LogP contribution is -2.31. The zero-order valence-corrected chi connectivity index (χ0v) is 10.1. The van der Waals surface area contributed by atoms with Gasteiger partial charge in [0.2, 0.25) is 0 Å². The molecule has 3 atom stereocenters. The molecule has 1 saturated carbocycles. The fraction of sp³-hybridized carbons (Fsp3) is 0.571. The van der Waals surface area contributed by atoms with Crippen LogP contribution in [0.3, 0.4) is 0 Å². The second kappa shape index (κ2) is 5.13. The van der Waals surface area contributed by atoms with Gasteiger partial charge in [0.15, 0.2) is 0 Å². The quantitative estimate of drug-likeness (QED) is 0.860. The van der Waals surface area contributed by atoms with Gasteiger partial charge in [-0.1, -0.05) is 19.4 Å². The molecule has 1 aromatic rings. The van der Waals surface area contributed by atoms with Crippen molar-refractivity contribution in [2.75, 3.05) is 0 Å². The van der Waals surface area contributed by atoms with Crippen LogP contribution in [0.15, 0.2) is 18.2 Å². The summed E-state index contributed by atoms with van der Waals surface area (Å²) < 4.78 is 26.2. The predicted octanol–water partition coefficient (Wildman–Crippen LogP) is 3.27. The smallest absolute Gasteiger partial charge is 0.129 e. The molecule has 0 amide bonds. The Morgan fingerprint density at radius 1 is 1.35 bits per heavy atom. The number of nitrogens with two attached hydrogens (primary N) is 1. The van der Waals surface area contributed by atoms with Crippen molar-refractivity contribution < 1.29 is 8.78 Å². The Hall–Kier alpha value is -0.960. The van der Waals surface area contributed by atoms with E-state index in [1.54, 1.807) is 0 Å². The summed E-state index contributed by atoms with van der Waals surface area (Å²) in [6.07, 6.45) is 3.98. The van der Waals surface area contributed by atoms with E-state index in [1.807, 2.05) is 0 Å². The van der Waals surface area contributed by atoms with Crippen molar-refractivity contribution in [2.24, 2.45) is 17.6 Å². The van der Waals surface area contributed by atoms with Crippen molar-refractivity contribution in [2.45, 2.75) is 38.6 Å².